The van der Waals surface area contributed by atoms with Gasteiger partial charge in [-0.25, -0.2) is 0 Å². The molecule has 1 aromatic rings. The van der Waals surface area contributed by atoms with E-state index in [1.807, 2.05) is 38.1 Å². The third-order valence-corrected chi connectivity index (χ3v) is 1.92. The molecule has 0 unspecified atom stereocenters. The fourth-order valence-corrected chi connectivity index (χ4v) is 1.09. The summed E-state index contributed by atoms with van der Waals surface area (Å²) >= 11 is 0. The molecule has 0 aromatic heterocycles. The quantitative estimate of drug-likeness (QED) is 0.650. The lowest BCUT2D eigenvalue weighted by molar-refractivity contribution is 0.340. The molecule has 0 fully saturated rings. The van der Waals surface area contributed by atoms with Gasteiger partial charge in [-0.1, -0.05) is 0 Å². The summed E-state index contributed by atoms with van der Waals surface area (Å²) in [5, 5.41) is 0. The molecule has 0 aliphatic rings. The van der Waals surface area contributed by atoms with E-state index in [1.165, 1.54) is 0 Å². The molecule has 1 aromatic carbocycles. The van der Waals surface area contributed by atoms with Gasteiger partial charge in [-0.05, 0) is 43.7 Å². The Morgan fingerprint density at radius 3 is 2.38 bits per heavy atom. The number of hydrogen-bond acceptors (Lipinski definition) is 2. The van der Waals surface area contributed by atoms with Gasteiger partial charge in [0, 0.05) is 12.8 Å². The molecule has 0 heterocycles. The second kappa shape index (κ2) is 4.65. The predicted molar refractivity (Wildman–Crippen MR) is 55.7 cm³/mol. The van der Waals surface area contributed by atoms with Gasteiger partial charge in [0.1, 0.15) is 5.75 Å². The van der Waals surface area contributed by atoms with Crippen molar-refractivity contribution in [3.63, 3.8) is 0 Å². The van der Waals surface area contributed by atoms with E-state index in [9.17, 15) is 0 Å². The van der Waals surface area contributed by atoms with Crippen LogP contribution in [0.1, 0.15) is 19.4 Å². The number of ether oxygens (including phenoxy) is 1. The van der Waals surface area contributed by atoms with Crippen molar-refractivity contribution >= 4 is 5.71 Å². The summed E-state index contributed by atoms with van der Waals surface area (Å²) < 4.78 is 5.33. The van der Waals surface area contributed by atoms with Crippen LogP contribution in [0.4, 0.5) is 0 Å². The van der Waals surface area contributed by atoms with Crippen molar-refractivity contribution in [3.8, 4) is 5.75 Å². The van der Waals surface area contributed by atoms with Gasteiger partial charge in [-0.2, -0.15) is 0 Å². The Balaban J connectivity index is 2.81. The van der Waals surface area contributed by atoms with E-state index in [2.05, 4.69) is 4.99 Å². The molecule has 0 atom stereocenters. The van der Waals surface area contributed by atoms with E-state index in [4.69, 9.17) is 4.74 Å². The first-order valence-corrected chi connectivity index (χ1v) is 4.44. The molecule has 0 saturated heterocycles. The molecular formula is C11H15NO. The van der Waals surface area contributed by atoms with Gasteiger partial charge in [0.15, 0.2) is 0 Å². The van der Waals surface area contributed by atoms with Crippen molar-refractivity contribution < 1.29 is 4.74 Å². The van der Waals surface area contributed by atoms with Gasteiger partial charge in [0.2, 0.25) is 0 Å². The van der Waals surface area contributed by atoms with Crippen molar-refractivity contribution in [1.82, 2.24) is 0 Å². The minimum atomic E-state index is 0.709. The van der Waals surface area contributed by atoms with Gasteiger partial charge in [0.25, 0.3) is 0 Å². The highest BCUT2D eigenvalue weighted by molar-refractivity contribution is 5.98. The smallest absolute Gasteiger partial charge is 0.119 e. The lowest BCUT2D eigenvalue weighted by atomic mass is 10.1. The van der Waals surface area contributed by atoms with Gasteiger partial charge in [-0.3, -0.25) is 4.99 Å². The summed E-state index contributed by atoms with van der Waals surface area (Å²) in [5.41, 5.74) is 2.19. The molecule has 1 rings (SSSR count). The van der Waals surface area contributed by atoms with Gasteiger partial charge in [-0.15, -0.1) is 0 Å². The lowest BCUT2D eigenvalue weighted by Gasteiger charge is -2.03. The van der Waals surface area contributed by atoms with Crippen molar-refractivity contribution in [3.05, 3.63) is 29.8 Å². The first-order valence-electron chi connectivity index (χ1n) is 4.44. The Hall–Kier alpha value is -1.31. The van der Waals surface area contributed by atoms with Crippen molar-refractivity contribution in [2.45, 2.75) is 13.8 Å². The number of rotatable bonds is 3. The van der Waals surface area contributed by atoms with Crippen LogP contribution in [-0.4, -0.2) is 19.4 Å². The molecule has 2 heteroatoms. The Labute approximate surface area is 79.3 Å². The molecule has 0 bridgehead atoms. The lowest BCUT2D eigenvalue weighted by Crippen LogP contribution is -1.95. The zero-order valence-corrected chi connectivity index (χ0v) is 8.37. The fourth-order valence-electron chi connectivity index (χ4n) is 1.09. The second-order valence-electron chi connectivity index (χ2n) is 2.77. The topological polar surface area (TPSA) is 21.6 Å². The monoisotopic (exact) mass is 177 g/mol. The van der Waals surface area contributed by atoms with Crippen LogP contribution < -0.4 is 4.74 Å². The van der Waals surface area contributed by atoms with Gasteiger partial charge in [0.05, 0.1) is 6.61 Å². The Morgan fingerprint density at radius 2 is 1.92 bits per heavy atom. The SMILES string of the molecule is CCOc1ccc(C(C)=NC)cc1. The van der Waals surface area contributed by atoms with Crippen molar-refractivity contribution in [1.29, 1.82) is 0 Å². The highest BCUT2D eigenvalue weighted by atomic mass is 16.5. The van der Waals surface area contributed by atoms with E-state index in [0.29, 0.717) is 6.61 Å². The van der Waals surface area contributed by atoms with Crippen LogP contribution in [0.3, 0.4) is 0 Å². The first-order chi connectivity index (χ1) is 6.27. The summed E-state index contributed by atoms with van der Waals surface area (Å²) in [4.78, 5) is 4.11. The van der Waals surface area contributed by atoms with Crippen molar-refractivity contribution in [2.24, 2.45) is 4.99 Å². The van der Waals surface area contributed by atoms with Crippen LogP contribution >= 0.6 is 0 Å². The molecule has 2 nitrogen and oxygen atoms in total. The Morgan fingerprint density at radius 1 is 1.31 bits per heavy atom. The summed E-state index contributed by atoms with van der Waals surface area (Å²) in [6.45, 7) is 4.68. The molecule has 0 amide bonds. The maximum Gasteiger partial charge on any atom is 0.119 e. The van der Waals surface area contributed by atoms with Crippen LogP contribution in [0.25, 0.3) is 0 Å². The zero-order chi connectivity index (χ0) is 9.68. The maximum absolute atomic E-state index is 5.33. The summed E-state index contributed by atoms with van der Waals surface area (Å²) in [5.74, 6) is 0.912. The molecule has 0 radical (unpaired) electrons. The van der Waals surface area contributed by atoms with Crippen molar-refractivity contribution in [2.75, 3.05) is 13.7 Å². The molecule has 0 aliphatic carbocycles. The molecule has 70 valence electrons. The van der Waals surface area contributed by atoms with Crippen LogP contribution in [0, 0.1) is 0 Å². The average Bonchev–Trinajstić information content (AvgIpc) is 2.18. The summed E-state index contributed by atoms with van der Waals surface area (Å²) in [6, 6.07) is 7.97. The van der Waals surface area contributed by atoms with E-state index in [0.717, 1.165) is 17.0 Å². The average molecular weight is 177 g/mol. The Bertz CT molecular complexity index is 287. The van der Waals surface area contributed by atoms with E-state index in [1.54, 1.807) is 7.05 Å². The number of benzene rings is 1. The maximum atomic E-state index is 5.33. The number of nitrogens with zero attached hydrogens (tertiary/aromatic N) is 1. The molecule has 0 N–H and O–H groups in total. The summed E-state index contributed by atoms with van der Waals surface area (Å²) in [7, 11) is 1.80. The predicted octanol–water partition coefficient (Wildman–Crippen LogP) is 2.52. The minimum absolute atomic E-state index is 0.709. The van der Waals surface area contributed by atoms with E-state index < -0.39 is 0 Å². The Kier molecular flexibility index (Phi) is 3.50. The van der Waals surface area contributed by atoms with E-state index >= 15 is 0 Å². The normalized spacial score (nSPS) is 11.5. The molecule has 0 spiro atoms. The van der Waals surface area contributed by atoms with E-state index in [-0.39, 0.29) is 0 Å². The largest absolute Gasteiger partial charge is 0.494 e. The summed E-state index contributed by atoms with van der Waals surface area (Å²) in [6.07, 6.45) is 0. The highest BCUT2D eigenvalue weighted by Gasteiger charge is 1.96. The second-order valence-corrected chi connectivity index (χ2v) is 2.77. The third kappa shape index (κ3) is 2.58. The molecule has 13 heavy (non-hydrogen) atoms. The molecule has 0 aliphatic heterocycles. The number of hydrogen-bond donors (Lipinski definition) is 0. The molecule has 0 saturated carbocycles. The third-order valence-electron chi connectivity index (χ3n) is 1.92. The van der Waals surface area contributed by atoms with Gasteiger partial charge >= 0.3 is 0 Å². The fraction of sp³-hybridized carbons (Fsp3) is 0.364. The van der Waals surface area contributed by atoms with Crippen LogP contribution in [0.2, 0.25) is 0 Å². The van der Waals surface area contributed by atoms with Crippen LogP contribution in [-0.2, 0) is 0 Å². The molecular weight excluding hydrogens is 162 g/mol. The van der Waals surface area contributed by atoms with Crippen LogP contribution in [0.5, 0.6) is 5.75 Å². The van der Waals surface area contributed by atoms with Crippen LogP contribution in [0.15, 0.2) is 29.3 Å². The first kappa shape index (κ1) is 9.78. The van der Waals surface area contributed by atoms with Gasteiger partial charge < -0.3 is 4.74 Å². The minimum Gasteiger partial charge on any atom is -0.494 e. The highest BCUT2D eigenvalue weighted by Crippen LogP contribution is 2.12. The zero-order valence-electron chi connectivity index (χ0n) is 8.37. The number of aliphatic imine (C=N–C) groups is 1. The standard InChI is InChI=1S/C11H15NO/c1-4-13-11-7-5-10(6-8-11)9(2)12-3/h5-8H,4H2,1-3H3.